The van der Waals surface area contributed by atoms with Crippen LogP contribution in [0.25, 0.3) is 0 Å². The lowest BCUT2D eigenvalue weighted by atomic mass is 10.1. The second kappa shape index (κ2) is 7.79. The van der Waals surface area contributed by atoms with E-state index in [0.29, 0.717) is 23.0 Å². The van der Waals surface area contributed by atoms with Crippen LogP contribution in [0.4, 0.5) is 11.4 Å². The van der Waals surface area contributed by atoms with Crippen molar-refractivity contribution in [2.45, 2.75) is 13.8 Å². The van der Waals surface area contributed by atoms with E-state index in [1.165, 1.54) is 6.34 Å². The van der Waals surface area contributed by atoms with Crippen molar-refractivity contribution < 1.29 is 18.9 Å². The molecular formula is C19H24N2O4. The minimum absolute atomic E-state index is 0.643. The molecule has 0 bridgehead atoms. The van der Waals surface area contributed by atoms with E-state index in [2.05, 4.69) is 0 Å². The Kier molecular flexibility index (Phi) is 5.75. The van der Waals surface area contributed by atoms with Gasteiger partial charge in [-0.25, -0.2) is 0 Å². The zero-order valence-electron chi connectivity index (χ0n) is 15.5. The van der Waals surface area contributed by atoms with Crippen LogP contribution in [-0.4, -0.2) is 34.8 Å². The minimum atomic E-state index is 0.643. The molecule has 0 aliphatic carbocycles. The van der Waals surface area contributed by atoms with Crippen LogP contribution < -0.4 is 23.8 Å². The Labute approximate surface area is 148 Å². The molecule has 0 radical (unpaired) electrons. The maximum absolute atomic E-state index is 7.94. The zero-order chi connectivity index (χ0) is 18.6. The molecule has 134 valence electrons. The van der Waals surface area contributed by atoms with Crippen LogP contribution in [0.2, 0.25) is 0 Å². The first-order valence-electron chi connectivity index (χ1n) is 7.76. The van der Waals surface area contributed by atoms with Crippen molar-refractivity contribution in [2.24, 2.45) is 0 Å². The molecule has 25 heavy (non-hydrogen) atoms. The summed E-state index contributed by atoms with van der Waals surface area (Å²) in [4.78, 5) is 1.77. The van der Waals surface area contributed by atoms with E-state index in [4.69, 9.17) is 24.4 Å². The third-order valence-corrected chi connectivity index (χ3v) is 4.18. The average Bonchev–Trinajstić information content (AvgIpc) is 2.63. The van der Waals surface area contributed by atoms with Crippen LogP contribution in [-0.2, 0) is 0 Å². The predicted molar refractivity (Wildman–Crippen MR) is 99.5 cm³/mol. The molecule has 2 aromatic carbocycles. The summed E-state index contributed by atoms with van der Waals surface area (Å²) in [5, 5.41) is 7.94. The molecule has 0 unspecified atom stereocenters. The van der Waals surface area contributed by atoms with Crippen LogP contribution >= 0.6 is 0 Å². The second-order valence-electron chi connectivity index (χ2n) is 5.39. The van der Waals surface area contributed by atoms with Gasteiger partial charge in [-0.1, -0.05) is 0 Å². The van der Waals surface area contributed by atoms with E-state index < -0.39 is 0 Å². The van der Waals surface area contributed by atoms with Crippen LogP contribution in [0, 0.1) is 19.3 Å². The van der Waals surface area contributed by atoms with Gasteiger partial charge in [-0.2, -0.15) is 0 Å². The summed E-state index contributed by atoms with van der Waals surface area (Å²) in [5.41, 5.74) is 3.39. The van der Waals surface area contributed by atoms with Gasteiger partial charge < -0.3 is 23.8 Å². The molecule has 0 spiro atoms. The van der Waals surface area contributed by atoms with Gasteiger partial charge in [0, 0.05) is 11.1 Å². The average molecular weight is 344 g/mol. The molecule has 0 fully saturated rings. The van der Waals surface area contributed by atoms with Crippen LogP contribution in [0.1, 0.15) is 11.1 Å². The summed E-state index contributed by atoms with van der Waals surface area (Å²) in [6.45, 7) is 3.87. The van der Waals surface area contributed by atoms with Crippen molar-refractivity contribution in [2.75, 3.05) is 33.3 Å². The SMILES string of the molecule is COc1ccc(N(C=N)c2ccc(OC)c(OC)c2C)c(C)c1OC. The van der Waals surface area contributed by atoms with Gasteiger partial charge in [-0.05, 0) is 38.1 Å². The Morgan fingerprint density at radius 2 is 1.12 bits per heavy atom. The molecule has 0 aliphatic rings. The van der Waals surface area contributed by atoms with Gasteiger partial charge in [0.2, 0.25) is 0 Å². The van der Waals surface area contributed by atoms with Crippen LogP contribution in [0.15, 0.2) is 24.3 Å². The molecule has 0 amide bonds. The highest BCUT2D eigenvalue weighted by molar-refractivity contribution is 5.92. The Balaban J connectivity index is 2.64. The van der Waals surface area contributed by atoms with Crippen molar-refractivity contribution in [3.8, 4) is 23.0 Å². The summed E-state index contributed by atoms with van der Waals surface area (Å²) in [5.74, 6) is 2.59. The maximum atomic E-state index is 7.94. The lowest BCUT2D eigenvalue weighted by Gasteiger charge is -2.26. The Morgan fingerprint density at radius 3 is 1.40 bits per heavy atom. The summed E-state index contributed by atoms with van der Waals surface area (Å²) in [6.07, 6.45) is 1.27. The highest BCUT2D eigenvalue weighted by atomic mass is 16.5. The molecular weight excluding hydrogens is 320 g/mol. The summed E-state index contributed by atoms with van der Waals surface area (Å²) >= 11 is 0. The third kappa shape index (κ3) is 3.20. The van der Waals surface area contributed by atoms with E-state index in [1.54, 1.807) is 33.3 Å². The van der Waals surface area contributed by atoms with Crippen molar-refractivity contribution in [1.82, 2.24) is 0 Å². The first-order valence-corrected chi connectivity index (χ1v) is 7.76. The summed E-state index contributed by atoms with van der Waals surface area (Å²) < 4.78 is 21.6. The number of hydrogen-bond acceptors (Lipinski definition) is 5. The standard InChI is InChI=1S/C19H24N2O4/c1-12-14(7-9-16(22-3)18(12)24-5)21(11-20)15-8-10-17(23-4)19(25-6)13(15)2/h7-11,20H,1-6H3. The lowest BCUT2D eigenvalue weighted by molar-refractivity contribution is 0.353. The van der Waals surface area contributed by atoms with Crippen molar-refractivity contribution in [3.63, 3.8) is 0 Å². The predicted octanol–water partition coefficient (Wildman–Crippen LogP) is 4.08. The van der Waals surface area contributed by atoms with Crippen molar-refractivity contribution in [1.29, 1.82) is 5.41 Å². The van der Waals surface area contributed by atoms with Gasteiger partial charge in [0.1, 0.15) is 0 Å². The topological polar surface area (TPSA) is 64.0 Å². The molecule has 1 N–H and O–H groups in total. The molecule has 0 aliphatic heterocycles. The highest BCUT2D eigenvalue weighted by Crippen LogP contribution is 2.42. The number of hydrogen-bond donors (Lipinski definition) is 1. The zero-order valence-corrected chi connectivity index (χ0v) is 15.5. The maximum Gasteiger partial charge on any atom is 0.165 e. The first-order chi connectivity index (χ1) is 12.0. The number of methoxy groups -OCH3 is 4. The number of anilines is 2. The monoisotopic (exact) mass is 344 g/mol. The molecule has 2 rings (SSSR count). The Morgan fingerprint density at radius 1 is 0.720 bits per heavy atom. The molecule has 2 aromatic rings. The first kappa shape index (κ1) is 18.4. The van der Waals surface area contributed by atoms with Gasteiger partial charge in [-0.15, -0.1) is 0 Å². The fourth-order valence-electron chi connectivity index (χ4n) is 2.93. The van der Waals surface area contributed by atoms with Crippen molar-refractivity contribution in [3.05, 3.63) is 35.4 Å². The number of nitrogens with one attached hydrogen (secondary N) is 1. The van der Waals surface area contributed by atoms with Crippen LogP contribution in [0.5, 0.6) is 23.0 Å². The van der Waals surface area contributed by atoms with E-state index in [0.717, 1.165) is 22.5 Å². The minimum Gasteiger partial charge on any atom is -0.493 e. The molecule has 6 nitrogen and oxygen atoms in total. The van der Waals surface area contributed by atoms with E-state index in [9.17, 15) is 0 Å². The number of ether oxygens (including phenoxy) is 4. The van der Waals surface area contributed by atoms with Gasteiger partial charge >= 0.3 is 0 Å². The van der Waals surface area contributed by atoms with Gasteiger partial charge in [0.25, 0.3) is 0 Å². The number of rotatable bonds is 7. The normalized spacial score (nSPS) is 10.2. The van der Waals surface area contributed by atoms with Gasteiger partial charge in [0.05, 0.1) is 46.2 Å². The second-order valence-corrected chi connectivity index (χ2v) is 5.39. The molecule has 0 atom stereocenters. The fourth-order valence-corrected chi connectivity index (χ4v) is 2.93. The smallest absolute Gasteiger partial charge is 0.165 e. The van der Waals surface area contributed by atoms with Gasteiger partial charge in [-0.3, -0.25) is 5.41 Å². The molecule has 0 saturated carbocycles. The molecule has 0 saturated heterocycles. The number of benzene rings is 2. The van der Waals surface area contributed by atoms with E-state index in [1.807, 2.05) is 38.1 Å². The molecule has 6 heteroatoms. The van der Waals surface area contributed by atoms with E-state index in [-0.39, 0.29) is 0 Å². The Hall–Kier alpha value is -2.89. The van der Waals surface area contributed by atoms with E-state index >= 15 is 0 Å². The highest BCUT2D eigenvalue weighted by Gasteiger charge is 2.20. The fraction of sp³-hybridized carbons (Fsp3) is 0.316. The number of nitrogens with zero attached hydrogens (tertiary/aromatic N) is 1. The quantitative estimate of drug-likeness (QED) is 0.605. The molecule has 0 heterocycles. The summed E-state index contributed by atoms with van der Waals surface area (Å²) in [7, 11) is 6.41. The lowest BCUT2D eigenvalue weighted by Crippen LogP contribution is -2.17. The van der Waals surface area contributed by atoms with Crippen LogP contribution in [0.3, 0.4) is 0 Å². The molecule has 0 aromatic heterocycles. The Bertz CT molecular complexity index is 713. The van der Waals surface area contributed by atoms with Gasteiger partial charge in [0.15, 0.2) is 23.0 Å². The summed E-state index contributed by atoms with van der Waals surface area (Å²) in [6, 6.07) is 7.46. The largest absolute Gasteiger partial charge is 0.493 e. The van der Waals surface area contributed by atoms with Crippen molar-refractivity contribution >= 4 is 17.7 Å². The third-order valence-electron chi connectivity index (χ3n) is 4.18.